The van der Waals surface area contributed by atoms with Gasteiger partial charge in [0, 0.05) is 12.6 Å². The molecule has 0 radical (unpaired) electrons. The van der Waals surface area contributed by atoms with Gasteiger partial charge in [-0.3, -0.25) is 0 Å². The van der Waals surface area contributed by atoms with Crippen molar-refractivity contribution in [3.63, 3.8) is 0 Å². The van der Waals surface area contributed by atoms with Crippen LogP contribution in [0.3, 0.4) is 0 Å². The predicted octanol–water partition coefficient (Wildman–Crippen LogP) is 4.14. The summed E-state index contributed by atoms with van der Waals surface area (Å²) in [5, 5.41) is 12.8. The number of rotatable bonds is 4. The lowest BCUT2D eigenvalue weighted by Crippen LogP contribution is -2.18. The van der Waals surface area contributed by atoms with E-state index in [0.29, 0.717) is 11.0 Å². The van der Waals surface area contributed by atoms with E-state index >= 15 is 0 Å². The van der Waals surface area contributed by atoms with Gasteiger partial charge in [0.2, 0.25) is 0 Å². The minimum Gasteiger partial charge on any atom is -0.507 e. The lowest BCUT2D eigenvalue weighted by Gasteiger charge is -2.14. The zero-order chi connectivity index (χ0) is 13.8. The molecular formula is C15H15BrFNO. The maximum absolute atomic E-state index is 12.8. The first-order chi connectivity index (χ1) is 9.06. The molecule has 0 aliphatic carbocycles. The normalized spacial score (nSPS) is 12.4. The molecule has 2 aromatic rings. The molecular weight excluding hydrogens is 309 g/mol. The fourth-order valence-corrected chi connectivity index (χ4v) is 2.23. The van der Waals surface area contributed by atoms with Crippen molar-refractivity contribution in [3.05, 3.63) is 63.9 Å². The molecule has 0 aliphatic rings. The molecule has 100 valence electrons. The summed E-state index contributed by atoms with van der Waals surface area (Å²) >= 11 is 3.29. The second kappa shape index (κ2) is 6.17. The summed E-state index contributed by atoms with van der Waals surface area (Å²) in [6.07, 6.45) is 0. The average molecular weight is 324 g/mol. The summed E-state index contributed by atoms with van der Waals surface area (Å²) in [6.45, 7) is 2.71. The monoisotopic (exact) mass is 323 g/mol. The van der Waals surface area contributed by atoms with Gasteiger partial charge < -0.3 is 10.4 Å². The largest absolute Gasteiger partial charge is 0.507 e. The Balaban J connectivity index is 1.98. The van der Waals surface area contributed by atoms with Crippen molar-refractivity contribution in [2.45, 2.75) is 19.5 Å². The van der Waals surface area contributed by atoms with Gasteiger partial charge >= 0.3 is 0 Å². The van der Waals surface area contributed by atoms with Crippen LogP contribution in [0, 0.1) is 5.82 Å². The van der Waals surface area contributed by atoms with Gasteiger partial charge in [-0.15, -0.1) is 0 Å². The van der Waals surface area contributed by atoms with Gasteiger partial charge in [0.1, 0.15) is 11.6 Å². The van der Waals surface area contributed by atoms with Gasteiger partial charge in [0.15, 0.2) is 0 Å². The van der Waals surface area contributed by atoms with E-state index in [4.69, 9.17) is 0 Å². The predicted molar refractivity (Wildman–Crippen MR) is 77.5 cm³/mol. The first-order valence-corrected chi connectivity index (χ1v) is 6.82. The molecule has 0 aromatic heterocycles. The fourth-order valence-electron chi connectivity index (χ4n) is 1.80. The highest BCUT2D eigenvalue weighted by molar-refractivity contribution is 9.10. The van der Waals surface area contributed by atoms with Gasteiger partial charge in [0.25, 0.3) is 0 Å². The molecule has 0 bridgehead atoms. The summed E-state index contributed by atoms with van der Waals surface area (Å²) in [4.78, 5) is 0. The third-order valence-electron chi connectivity index (χ3n) is 2.99. The number of hydrogen-bond donors (Lipinski definition) is 2. The zero-order valence-electron chi connectivity index (χ0n) is 10.5. The molecule has 0 heterocycles. The van der Waals surface area contributed by atoms with Gasteiger partial charge in [-0.05, 0) is 58.2 Å². The molecule has 0 aliphatic heterocycles. The Morgan fingerprint density at radius 3 is 2.53 bits per heavy atom. The SMILES string of the molecule is C[C@@H](NCc1ccc(O)c(Br)c1)c1ccc(F)cc1. The Morgan fingerprint density at radius 1 is 1.21 bits per heavy atom. The molecule has 19 heavy (non-hydrogen) atoms. The maximum Gasteiger partial charge on any atom is 0.129 e. The number of hydrogen-bond acceptors (Lipinski definition) is 2. The van der Waals surface area contributed by atoms with Crippen LogP contribution in [-0.2, 0) is 6.54 Å². The van der Waals surface area contributed by atoms with Crippen molar-refractivity contribution in [1.29, 1.82) is 0 Å². The van der Waals surface area contributed by atoms with Gasteiger partial charge in [-0.1, -0.05) is 18.2 Å². The van der Waals surface area contributed by atoms with Gasteiger partial charge in [-0.2, -0.15) is 0 Å². The van der Waals surface area contributed by atoms with Crippen molar-refractivity contribution < 1.29 is 9.50 Å². The van der Waals surface area contributed by atoms with E-state index in [-0.39, 0.29) is 17.6 Å². The molecule has 2 rings (SSSR count). The first-order valence-electron chi connectivity index (χ1n) is 6.02. The second-order valence-electron chi connectivity index (χ2n) is 4.44. The highest BCUT2D eigenvalue weighted by atomic mass is 79.9. The Labute approximate surface area is 120 Å². The summed E-state index contributed by atoms with van der Waals surface area (Å²) in [5.74, 6) is 0.00810. The van der Waals surface area contributed by atoms with Crippen molar-refractivity contribution in [3.8, 4) is 5.75 Å². The standard InChI is InChI=1S/C15H15BrFNO/c1-10(12-3-5-13(17)6-4-12)18-9-11-2-7-15(19)14(16)8-11/h2-8,10,18-19H,9H2,1H3/t10-/m1/s1. The van der Waals surface area contributed by atoms with Gasteiger partial charge in [-0.25, -0.2) is 4.39 Å². The molecule has 0 fully saturated rings. The minimum atomic E-state index is -0.224. The van der Waals surface area contributed by atoms with Crippen molar-refractivity contribution >= 4 is 15.9 Å². The molecule has 2 nitrogen and oxygen atoms in total. The smallest absolute Gasteiger partial charge is 0.129 e. The minimum absolute atomic E-state index is 0.133. The third-order valence-corrected chi connectivity index (χ3v) is 3.63. The van der Waals surface area contributed by atoms with Crippen LogP contribution < -0.4 is 5.32 Å². The van der Waals surface area contributed by atoms with Crippen LogP contribution in [0.5, 0.6) is 5.75 Å². The quantitative estimate of drug-likeness (QED) is 0.886. The van der Waals surface area contributed by atoms with Crippen LogP contribution >= 0.6 is 15.9 Å². The number of benzene rings is 2. The molecule has 0 saturated carbocycles. The van der Waals surface area contributed by atoms with Crippen LogP contribution in [0.1, 0.15) is 24.1 Å². The fraction of sp³-hybridized carbons (Fsp3) is 0.200. The molecule has 0 unspecified atom stereocenters. The number of halogens is 2. The van der Waals surface area contributed by atoms with Gasteiger partial charge in [0.05, 0.1) is 4.47 Å². The van der Waals surface area contributed by atoms with Crippen molar-refractivity contribution in [2.24, 2.45) is 0 Å². The molecule has 0 saturated heterocycles. The highest BCUT2D eigenvalue weighted by Gasteiger charge is 2.06. The van der Waals surface area contributed by atoms with E-state index in [9.17, 15) is 9.50 Å². The van der Waals surface area contributed by atoms with Crippen LogP contribution in [-0.4, -0.2) is 5.11 Å². The molecule has 0 amide bonds. The van der Waals surface area contributed by atoms with Crippen LogP contribution in [0.2, 0.25) is 0 Å². The number of aromatic hydroxyl groups is 1. The van der Waals surface area contributed by atoms with Crippen LogP contribution in [0.25, 0.3) is 0 Å². The summed E-state index contributed by atoms with van der Waals surface area (Å²) in [5.41, 5.74) is 2.11. The van der Waals surface area contributed by atoms with E-state index in [0.717, 1.165) is 11.1 Å². The van der Waals surface area contributed by atoms with Crippen LogP contribution in [0.15, 0.2) is 46.9 Å². The first kappa shape index (κ1) is 14.0. The second-order valence-corrected chi connectivity index (χ2v) is 5.29. The molecule has 0 spiro atoms. The summed E-state index contributed by atoms with van der Waals surface area (Å²) < 4.78 is 13.5. The lowest BCUT2D eigenvalue weighted by molar-refractivity contribution is 0.471. The Kier molecular flexibility index (Phi) is 4.56. The zero-order valence-corrected chi connectivity index (χ0v) is 12.1. The number of phenolic OH excluding ortho intramolecular Hbond substituents is 1. The Morgan fingerprint density at radius 2 is 1.89 bits per heavy atom. The van der Waals surface area contributed by atoms with E-state index in [1.807, 2.05) is 19.1 Å². The highest BCUT2D eigenvalue weighted by Crippen LogP contribution is 2.24. The number of phenols is 1. The average Bonchev–Trinajstić information content (AvgIpc) is 2.40. The topological polar surface area (TPSA) is 32.3 Å². The maximum atomic E-state index is 12.8. The third kappa shape index (κ3) is 3.78. The Hall–Kier alpha value is -1.39. The molecule has 2 N–H and O–H groups in total. The summed E-state index contributed by atoms with van der Waals surface area (Å²) in [7, 11) is 0. The van der Waals surface area contributed by atoms with Crippen molar-refractivity contribution in [1.82, 2.24) is 5.32 Å². The molecule has 2 aromatic carbocycles. The number of nitrogens with one attached hydrogen (secondary N) is 1. The molecule has 1 atom stereocenters. The van der Waals surface area contributed by atoms with Crippen molar-refractivity contribution in [2.75, 3.05) is 0 Å². The van der Waals surface area contributed by atoms with E-state index in [1.54, 1.807) is 18.2 Å². The van der Waals surface area contributed by atoms with E-state index < -0.39 is 0 Å². The summed E-state index contributed by atoms with van der Waals surface area (Å²) in [6, 6.07) is 12.0. The van der Waals surface area contributed by atoms with E-state index in [2.05, 4.69) is 21.2 Å². The Bertz CT molecular complexity index is 557. The lowest BCUT2D eigenvalue weighted by atomic mass is 10.1. The van der Waals surface area contributed by atoms with E-state index in [1.165, 1.54) is 12.1 Å². The van der Waals surface area contributed by atoms with Crippen LogP contribution in [0.4, 0.5) is 4.39 Å². The molecule has 4 heteroatoms.